The van der Waals surface area contributed by atoms with Crippen LogP contribution in [0.15, 0.2) is 32.9 Å². The predicted octanol–water partition coefficient (Wildman–Crippen LogP) is 4.67. The Morgan fingerprint density at radius 2 is 2.10 bits per heavy atom. The van der Waals surface area contributed by atoms with Gasteiger partial charge < -0.3 is 4.74 Å². The first-order valence-electron chi connectivity index (χ1n) is 6.04. The fraction of sp³-hybridized carbons (Fsp3) is 0.231. The van der Waals surface area contributed by atoms with Gasteiger partial charge in [0.2, 0.25) is 0 Å². The zero-order chi connectivity index (χ0) is 15.6. The largest absolute Gasteiger partial charge is 0.492 e. The van der Waals surface area contributed by atoms with Crippen molar-refractivity contribution in [3.63, 3.8) is 0 Å². The molecule has 0 unspecified atom stereocenters. The minimum atomic E-state index is -3.63. The monoisotopic (exact) mass is 409 g/mol. The third-order valence-corrected chi connectivity index (χ3v) is 6.10. The summed E-state index contributed by atoms with van der Waals surface area (Å²) in [6.07, 6.45) is 0. The highest BCUT2D eigenvalue weighted by molar-refractivity contribution is 9.11. The summed E-state index contributed by atoms with van der Waals surface area (Å²) < 4.78 is 33.3. The van der Waals surface area contributed by atoms with Crippen LogP contribution >= 0.6 is 38.9 Å². The second-order valence-corrected chi connectivity index (χ2v) is 8.85. The third-order valence-electron chi connectivity index (χ3n) is 2.62. The molecule has 8 heteroatoms. The van der Waals surface area contributed by atoms with E-state index in [0.717, 1.165) is 3.79 Å². The van der Waals surface area contributed by atoms with Crippen molar-refractivity contribution in [3.8, 4) is 5.75 Å². The number of rotatable bonds is 5. The van der Waals surface area contributed by atoms with E-state index in [9.17, 15) is 8.42 Å². The van der Waals surface area contributed by atoms with Crippen LogP contribution < -0.4 is 9.46 Å². The van der Waals surface area contributed by atoms with Gasteiger partial charge in [-0.3, -0.25) is 4.72 Å². The Balaban J connectivity index is 2.29. The molecule has 114 valence electrons. The van der Waals surface area contributed by atoms with Crippen molar-refractivity contribution < 1.29 is 13.2 Å². The normalized spacial score (nSPS) is 11.4. The van der Waals surface area contributed by atoms with Crippen molar-refractivity contribution in [3.05, 3.63) is 38.0 Å². The number of hydrogen-bond acceptors (Lipinski definition) is 4. The van der Waals surface area contributed by atoms with Crippen LogP contribution in [0, 0.1) is 6.92 Å². The van der Waals surface area contributed by atoms with Gasteiger partial charge in [0, 0.05) is 4.88 Å². The molecule has 0 spiro atoms. The summed E-state index contributed by atoms with van der Waals surface area (Å²) in [7, 11) is -3.63. The molecule has 2 aromatic rings. The van der Waals surface area contributed by atoms with Crippen LogP contribution in [0.1, 0.15) is 11.8 Å². The Kier molecular flexibility index (Phi) is 5.19. The van der Waals surface area contributed by atoms with Gasteiger partial charge in [0.25, 0.3) is 10.0 Å². The minimum absolute atomic E-state index is 0.254. The number of benzene rings is 1. The number of hydrogen-bond donors (Lipinski definition) is 1. The van der Waals surface area contributed by atoms with E-state index in [0.29, 0.717) is 27.9 Å². The van der Waals surface area contributed by atoms with Gasteiger partial charge in [-0.2, -0.15) is 0 Å². The summed E-state index contributed by atoms with van der Waals surface area (Å²) in [5.74, 6) is 0.525. The van der Waals surface area contributed by atoms with Crippen LogP contribution in [0.5, 0.6) is 5.75 Å². The summed E-state index contributed by atoms with van der Waals surface area (Å²) >= 11 is 10.7. The topological polar surface area (TPSA) is 55.4 Å². The molecule has 21 heavy (non-hydrogen) atoms. The molecule has 0 radical (unpaired) electrons. The molecule has 0 aliphatic rings. The van der Waals surface area contributed by atoms with Gasteiger partial charge >= 0.3 is 0 Å². The SMILES string of the molecule is CCOc1ccc(NS(=O)(=O)c2cc(Br)sc2C)cc1Cl. The minimum Gasteiger partial charge on any atom is -0.492 e. The molecule has 0 atom stereocenters. The van der Waals surface area contributed by atoms with E-state index >= 15 is 0 Å². The van der Waals surface area contributed by atoms with E-state index in [1.54, 1.807) is 25.1 Å². The molecule has 1 heterocycles. The van der Waals surface area contributed by atoms with Gasteiger partial charge in [-0.15, -0.1) is 11.3 Å². The van der Waals surface area contributed by atoms with E-state index in [-0.39, 0.29) is 4.90 Å². The van der Waals surface area contributed by atoms with Crippen LogP contribution in [0.25, 0.3) is 0 Å². The van der Waals surface area contributed by atoms with Gasteiger partial charge in [-0.25, -0.2) is 8.42 Å². The van der Waals surface area contributed by atoms with Gasteiger partial charge in [0.15, 0.2) is 0 Å². The number of sulfonamides is 1. The molecule has 0 aliphatic carbocycles. The van der Waals surface area contributed by atoms with Gasteiger partial charge in [-0.05, 0) is 54.0 Å². The molecule has 1 aromatic carbocycles. The molecule has 1 N–H and O–H groups in total. The number of thiophene rings is 1. The van der Waals surface area contributed by atoms with E-state index < -0.39 is 10.0 Å². The molecule has 4 nitrogen and oxygen atoms in total. The first-order valence-corrected chi connectivity index (χ1v) is 9.51. The molecule has 0 bridgehead atoms. The average Bonchev–Trinajstić information content (AvgIpc) is 2.72. The molecule has 0 fully saturated rings. The van der Waals surface area contributed by atoms with Crippen LogP contribution in [0.3, 0.4) is 0 Å². The maximum Gasteiger partial charge on any atom is 0.263 e. The zero-order valence-corrected chi connectivity index (χ0v) is 15.3. The van der Waals surface area contributed by atoms with Gasteiger partial charge in [0.05, 0.1) is 21.1 Å². The number of halogens is 2. The maximum atomic E-state index is 12.4. The van der Waals surface area contributed by atoms with E-state index in [1.165, 1.54) is 17.4 Å². The van der Waals surface area contributed by atoms with Crippen molar-refractivity contribution >= 4 is 54.6 Å². The van der Waals surface area contributed by atoms with Crippen LogP contribution in [-0.4, -0.2) is 15.0 Å². The Labute approximate surface area is 141 Å². The fourth-order valence-corrected chi connectivity index (χ4v) is 5.44. The molecular weight excluding hydrogens is 398 g/mol. The van der Waals surface area contributed by atoms with Crippen molar-refractivity contribution in [2.24, 2.45) is 0 Å². The van der Waals surface area contributed by atoms with Crippen molar-refractivity contribution in [1.82, 2.24) is 0 Å². The fourth-order valence-electron chi connectivity index (χ4n) is 1.74. The molecule has 2 rings (SSSR count). The first-order chi connectivity index (χ1) is 9.83. The highest BCUT2D eigenvalue weighted by Gasteiger charge is 2.20. The predicted molar refractivity (Wildman–Crippen MR) is 90.2 cm³/mol. The van der Waals surface area contributed by atoms with Crippen molar-refractivity contribution in [2.45, 2.75) is 18.7 Å². The Morgan fingerprint density at radius 3 is 2.62 bits per heavy atom. The quantitative estimate of drug-likeness (QED) is 0.779. The summed E-state index contributed by atoms with van der Waals surface area (Å²) in [4.78, 5) is 0.968. The van der Waals surface area contributed by atoms with Crippen LogP contribution in [0.2, 0.25) is 5.02 Å². The number of anilines is 1. The standard InChI is InChI=1S/C13H13BrClNO3S2/c1-3-19-11-5-4-9(6-10(11)15)16-21(17,18)12-7-13(14)20-8(12)2/h4-7,16H,3H2,1-2H3. The lowest BCUT2D eigenvalue weighted by molar-refractivity contribution is 0.340. The molecular formula is C13H13BrClNO3S2. The lowest BCUT2D eigenvalue weighted by atomic mass is 10.3. The smallest absolute Gasteiger partial charge is 0.263 e. The number of ether oxygens (including phenoxy) is 1. The highest BCUT2D eigenvalue weighted by atomic mass is 79.9. The summed E-state index contributed by atoms with van der Waals surface area (Å²) in [5.41, 5.74) is 0.394. The summed E-state index contributed by atoms with van der Waals surface area (Å²) in [5, 5.41) is 0.361. The lowest BCUT2D eigenvalue weighted by Gasteiger charge is -2.10. The summed E-state index contributed by atoms with van der Waals surface area (Å²) in [6.45, 7) is 4.10. The Bertz CT molecular complexity index is 759. The van der Waals surface area contributed by atoms with Crippen LogP contribution in [0.4, 0.5) is 5.69 Å². The third kappa shape index (κ3) is 3.91. The number of nitrogens with one attached hydrogen (secondary N) is 1. The first kappa shape index (κ1) is 16.6. The van der Waals surface area contributed by atoms with E-state index in [4.69, 9.17) is 16.3 Å². The summed E-state index contributed by atoms with van der Waals surface area (Å²) in [6, 6.07) is 6.37. The molecule has 0 saturated carbocycles. The lowest BCUT2D eigenvalue weighted by Crippen LogP contribution is -2.13. The van der Waals surface area contributed by atoms with Crippen molar-refractivity contribution in [2.75, 3.05) is 11.3 Å². The average molecular weight is 411 g/mol. The molecule has 1 aromatic heterocycles. The number of aryl methyl sites for hydroxylation is 1. The molecule has 0 aliphatic heterocycles. The van der Waals surface area contributed by atoms with Crippen LogP contribution in [-0.2, 0) is 10.0 Å². The maximum absolute atomic E-state index is 12.4. The van der Waals surface area contributed by atoms with Crippen molar-refractivity contribution in [1.29, 1.82) is 0 Å². The van der Waals surface area contributed by atoms with E-state index in [1.807, 2.05) is 6.92 Å². The highest BCUT2D eigenvalue weighted by Crippen LogP contribution is 2.32. The van der Waals surface area contributed by atoms with Gasteiger partial charge in [0.1, 0.15) is 10.6 Å². The second-order valence-electron chi connectivity index (χ2n) is 4.15. The van der Waals surface area contributed by atoms with E-state index in [2.05, 4.69) is 20.7 Å². The zero-order valence-electron chi connectivity index (χ0n) is 11.3. The van der Waals surface area contributed by atoms with Gasteiger partial charge in [-0.1, -0.05) is 11.6 Å². The Morgan fingerprint density at radius 1 is 1.38 bits per heavy atom. The molecule has 0 saturated heterocycles. The second kappa shape index (κ2) is 6.56. The Hall–Kier alpha value is -0.760. The molecule has 0 amide bonds.